The molecule has 1 fully saturated rings. The zero-order valence-corrected chi connectivity index (χ0v) is 19.5. The molecule has 0 spiro atoms. The Morgan fingerprint density at radius 2 is 1.36 bits per heavy atom. The zero-order valence-electron chi connectivity index (χ0n) is 19.5. The monoisotopic (exact) mass is 480 g/mol. The van der Waals surface area contributed by atoms with E-state index in [1.807, 2.05) is 30.3 Å². The number of hydrogen-bond acceptors (Lipinski definition) is 5. The highest BCUT2D eigenvalue weighted by molar-refractivity contribution is 6.02. The first-order valence-corrected chi connectivity index (χ1v) is 11.9. The molecule has 3 heterocycles. The van der Waals surface area contributed by atoms with Gasteiger partial charge in [-0.3, -0.25) is 14.2 Å². The van der Waals surface area contributed by atoms with Crippen LogP contribution in [-0.4, -0.2) is 46.1 Å². The average molecular weight is 481 g/mol. The van der Waals surface area contributed by atoms with Crippen LogP contribution in [0.15, 0.2) is 98.9 Å². The van der Waals surface area contributed by atoms with E-state index in [1.54, 1.807) is 47.4 Å². The number of rotatable bonds is 4. The van der Waals surface area contributed by atoms with Crippen LogP contribution < -0.4 is 16.1 Å². The number of nitrogens with zero attached hydrogens (tertiary/aromatic N) is 4. The Hall–Kier alpha value is -4.59. The Morgan fingerprint density at radius 3 is 2.06 bits per heavy atom. The maximum atomic E-state index is 13.7. The second-order valence-electron chi connectivity index (χ2n) is 8.82. The number of carbonyl (C=O) groups excluding carboxylic acids is 1. The number of anilines is 1. The molecule has 0 aliphatic carbocycles. The molecule has 1 aliphatic heterocycles. The Balaban J connectivity index is 1.39. The summed E-state index contributed by atoms with van der Waals surface area (Å²) in [4.78, 5) is 44.5. The predicted octanol–water partition coefficient (Wildman–Crippen LogP) is 3.25. The van der Waals surface area contributed by atoms with Crippen LogP contribution in [0.5, 0.6) is 0 Å². The SMILES string of the molecule is O=C(Cn1c(=O)n(-c2ccccc2)c(=O)c2oc3ccccc3c21)N1CCN(c2ccccc2)CC1. The third-order valence-electron chi connectivity index (χ3n) is 6.72. The molecule has 1 amide bonds. The number of amides is 1. The van der Waals surface area contributed by atoms with E-state index in [0.717, 1.165) is 10.3 Å². The predicted molar refractivity (Wildman–Crippen MR) is 139 cm³/mol. The molecule has 6 rings (SSSR count). The average Bonchev–Trinajstić information content (AvgIpc) is 3.32. The van der Waals surface area contributed by atoms with Crippen molar-refractivity contribution in [1.29, 1.82) is 0 Å². The van der Waals surface area contributed by atoms with E-state index in [0.29, 0.717) is 48.4 Å². The summed E-state index contributed by atoms with van der Waals surface area (Å²) in [7, 11) is 0. The van der Waals surface area contributed by atoms with Gasteiger partial charge in [-0.1, -0.05) is 48.5 Å². The molecular formula is C28H24N4O4. The van der Waals surface area contributed by atoms with Crippen LogP contribution in [0.3, 0.4) is 0 Å². The van der Waals surface area contributed by atoms with Crippen LogP contribution in [0.4, 0.5) is 5.69 Å². The number of aromatic nitrogens is 2. The quantitative estimate of drug-likeness (QED) is 0.395. The molecule has 0 radical (unpaired) electrons. The number of fused-ring (bicyclic) bond motifs is 3. The molecule has 1 aliphatic rings. The summed E-state index contributed by atoms with van der Waals surface area (Å²) >= 11 is 0. The smallest absolute Gasteiger partial charge is 0.336 e. The van der Waals surface area contributed by atoms with Crippen LogP contribution >= 0.6 is 0 Å². The molecule has 0 bridgehead atoms. The minimum atomic E-state index is -0.568. The van der Waals surface area contributed by atoms with Gasteiger partial charge in [0.05, 0.1) is 5.69 Å². The van der Waals surface area contributed by atoms with Crippen molar-refractivity contribution in [2.24, 2.45) is 0 Å². The highest BCUT2D eigenvalue weighted by atomic mass is 16.3. The summed E-state index contributed by atoms with van der Waals surface area (Å²) in [5, 5.41) is 0.628. The molecule has 180 valence electrons. The van der Waals surface area contributed by atoms with Gasteiger partial charge < -0.3 is 14.2 Å². The molecule has 8 nitrogen and oxygen atoms in total. The molecule has 0 unspecified atom stereocenters. The lowest BCUT2D eigenvalue weighted by Crippen LogP contribution is -2.50. The number of para-hydroxylation sites is 3. The van der Waals surface area contributed by atoms with E-state index < -0.39 is 11.2 Å². The lowest BCUT2D eigenvalue weighted by atomic mass is 10.2. The van der Waals surface area contributed by atoms with Gasteiger partial charge in [0.25, 0.3) is 0 Å². The summed E-state index contributed by atoms with van der Waals surface area (Å²) in [6, 6.07) is 26.0. The lowest BCUT2D eigenvalue weighted by molar-refractivity contribution is -0.132. The van der Waals surface area contributed by atoms with Gasteiger partial charge in [0, 0.05) is 37.3 Å². The van der Waals surface area contributed by atoms with Gasteiger partial charge in [-0.05, 0) is 36.4 Å². The van der Waals surface area contributed by atoms with E-state index in [2.05, 4.69) is 17.0 Å². The van der Waals surface area contributed by atoms with Gasteiger partial charge in [0.15, 0.2) is 0 Å². The lowest BCUT2D eigenvalue weighted by Gasteiger charge is -2.36. The second kappa shape index (κ2) is 8.88. The zero-order chi connectivity index (χ0) is 24.6. The van der Waals surface area contributed by atoms with Crippen LogP contribution in [0.25, 0.3) is 27.8 Å². The summed E-state index contributed by atoms with van der Waals surface area (Å²) in [5.41, 5.74) is 1.34. The third-order valence-corrected chi connectivity index (χ3v) is 6.72. The molecule has 5 aromatic rings. The maximum absolute atomic E-state index is 13.7. The fourth-order valence-corrected chi connectivity index (χ4v) is 4.89. The van der Waals surface area contributed by atoms with Crippen molar-refractivity contribution >= 4 is 33.7 Å². The molecule has 3 aromatic carbocycles. The van der Waals surface area contributed by atoms with Gasteiger partial charge in [0.1, 0.15) is 17.6 Å². The Kier molecular flexibility index (Phi) is 5.41. The molecule has 8 heteroatoms. The van der Waals surface area contributed by atoms with Crippen molar-refractivity contribution in [3.05, 3.63) is 106 Å². The first-order valence-electron chi connectivity index (χ1n) is 11.9. The van der Waals surface area contributed by atoms with Crippen LogP contribution in [0.1, 0.15) is 0 Å². The van der Waals surface area contributed by atoms with Crippen LogP contribution in [-0.2, 0) is 11.3 Å². The van der Waals surface area contributed by atoms with E-state index in [4.69, 9.17) is 4.42 Å². The maximum Gasteiger partial charge on any atom is 0.336 e. The molecule has 0 saturated carbocycles. The van der Waals surface area contributed by atoms with Crippen molar-refractivity contribution < 1.29 is 9.21 Å². The highest BCUT2D eigenvalue weighted by Crippen LogP contribution is 2.26. The summed E-state index contributed by atoms with van der Waals surface area (Å²) in [6.07, 6.45) is 0. The number of hydrogen-bond donors (Lipinski definition) is 0. The van der Waals surface area contributed by atoms with Gasteiger partial charge in [-0.15, -0.1) is 0 Å². The molecule has 0 atom stereocenters. The van der Waals surface area contributed by atoms with Crippen molar-refractivity contribution in [3.63, 3.8) is 0 Å². The molecule has 2 aromatic heterocycles. The van der Waals surface area contributed by atoms with E-state index in [-0.39, 0.29) is 18.0 Å². The third kappa shape index (κ3) is 3.67. The van der Waals surface area contributed by atoms with E-state index in [1.165, 1.54) is 4.57 Å². The molecule has 36 heavy (non-hydrogen) atoms. The minimum Gasteiger partial charge on any atom is -0.449 e. The number of piperazine rings is 1. The van der Waals surface area contributed by atoms with Crippen LogP contribution in [0, 0.1) is 0 Å². The fraction of sp³-hybridized carbons (Fsp3) is 0.179. The van der Waals surface area contributed by atoms with Gasteiger partial charge >= 0.3 is 11.2 Å². The van der Waals surface area contributed by atoms with Gasteiger partial charge in [-0.25, -0.2) is 9.36 Å². The normalized spacial score (nSPS) is 14.0. The van der Waals surface area contributed by atoms with E-state index in [9.17, 15) is 14.4 Å². The summed E-state index contributed by atoms with van der Waals surface area (Å²) in [6.45, 7) is 2.33. The second-order valence-corrected chi connectivity index (χ2v) is 8.82. The first kappa shape index (κ1) is 21.9. The van der Waals surface area contributed by atoms with Gasteiger partial charge in [-0.2, -0.15) is 0 Å². The van der Waals surface area contributed by atoms with Gasteiger partial charge in [0.2, 0.25) is 11.5 Å². The first-order chi connectivity index (χ1) is 17.6. The minimum absolute atomic E-state index is 0.0568. The van der Waals surface area contributed by atoms with Crippen molar-refractivity contribution in [2.45, 2.75) is 6.54 Å². The van der Waals surface area contributed by atoms with Crippen molar-refractivity contribution in [1.82, 2.24) is 14.0 Å². The number of benzene rings is 3. The standard InChI is InChI=1S/C28H24N4O4/c33-24(30-17-15-29(16-18-30)20-9-3-1-4-10-20)19-31-25-22-13-7-8-14-23(22)36-26(25)27(34)32(28(31)35)21-11-5-2-6-12-21/h1-14H,15-19H2. The highest BCUT2D eigenvalue weighted by Gasteiger charge is 2.25. The Morgan fingerprint density at radius 1 is 0.750 bits per heavy atom. The molecular weight excluding hydrogens is 456 g/mol. The van der Waals surface area contributed by atoms with E-state index >= 15 is 0 Å². The fourth-order valence-electron chi connectivity index (χ4n) is 4.89. The Bertz CT molecular complexity index is 1680. The molecule has 0 N–H and O–H groups in total. The van der Waals surface area contributed by atoms with Crippen molar-refractivity contribution in [3.8, 4) is 5.69 Å². The van der Waals surface area contributed by atoms with Crippen LogP contribution in [0.2, 0.25) is 0 Å². The largest absolute Gasteiger partial charge is 0.449 e. The topological polar surface area (TPSA) is 80.7 Å². The van der Waals surface area contributed by atoms with Crippen molar-refractivity contribution in [2.75, 3.05) is 31.1 Å². The number of furan rings is 1. The molecule has 1 saturated heterocycles. The summed E-state index contributed by atoms with van der Waals surface area (Å²) < 4.78 is 8.36. The Labute approximate surface area is 206 Å². The number of carbonyl (C=O) groups is 1. The summed E-state index contributed by atoms with van der Waals surface area (Å²) in [5.74, 6) is -0.172.